The van der Waals surface area contributed by atoms with E-state index in [-0.39, 0.29) is 5.91 Å². The number of thioether (sulfide) groups is 1. The molecule has 0 unspecified atom stereocenters. The van der Waals surface area contributed by atoms with Gasteiger partial charge in [0.15, 0.2) is 0 Å². The van der Waals surface area contributed by atoms with E-state index in [9.17, 15) is 9.90 Å². The quantitative estimate of drug-likeness (QED) is 0.819. The molecule has 0 aromatic heterocycles. The van der Waals surface area contributed by atoms with Crippen molar-refractivity contribution in [2.24, 2.45) is 5.92 Å². The lowest BCUT2D eigenvalue weighted by molar-refractivity contribution is -0.00788. The van der Waals surface area contributed by atoms with Crippen LogP contribution in [0.5, 0.6) is 0 Å². The van der Waals surface area contributed by atoms with Crippen LogP contribution >= 0.6 is 11.8 Å². The highest BCUT2D eigenvalue weighted by Crippen LogP contribution is 2.33. The summed E-state index contributed by atoms with van der Waals surface area (Å²) in [7, 11) is 0. The minimum Gasteiger partial charge on any atom is -0.388 e. The van der Waals surface area contributed by atoms with Gasteiger partial charge in [0, 0.05) is 11.4 Å². The van der Waals surface area contributed by atoms with Crippen LogP contribution in [-0.4, -0.2) is 29.4 Å². The molecule has 21 heavy (non-hydrogen) atoms. The predicted octanol–water partition coefficient (Wildman–Crippen LogP) is 3.47. The lowest BCUT2D eigenvalue weighted by Gasteiger charge is -2.35. The van der Waals surface area contributed by atoms with E-state index in [1.54, 1.807) is 11.8 Å². The molecule has 0 atom stereocenters. The fraction of sp³-hybridized carbons (Fsp3) is 0.588. The Morgan fingerprint density at radius 1 is 1.38 bits per heavy atom. The average Bonchev–Trinajstić information content (AvgIpc) is 2.53. The van der Waals surface area contributed by atoms with Crippen LogP contribution in [0.3, 0.4) is 0 Å². The number of amides is 1. The van der Waals surface area contributed by atoms with Crippen molar-refractivity contribution >= 4 is 17.7 Å². The molecule has 1 aromatic rings. The Hall–Kier alpha value is -1.00. The first-order valence-corrected chi connectivity index (χ1v) is 8.94. The van der Waals surface area contributed by atoms with Gasteiger partial charge in [-0.15, -0.1) is 11.8 Å². The van der Waals surface area contributed by atoms with Crippen molar-refractivity contribution in [1.29, 1.82) is 0 Å². The summed E-state index contributed by atoms with van der Waals surface area (Å²) in [6.45, 7) is 2.56. The summed E-state index contributed by atoms with van der Waals surface area (Å²) in [6, 6.07) is 7.58. The van der Waals surface area contributed by atoms with Crippen LogP contribution in [0, 0.1) is 5.92 Å². The number of carbonyl (C=O) groups is 1. The van der Waals surface area contributed by atoms with Gasteiger partial charge in [-0.3, -0.25) is 4.79 Å². The van der Waals surface area contributed by atoms with E-state index in [2.05, 4.69) is 12.2 Å². The molecule has 3 nitrogen and oxygen atoms in total. The Bertz CT molecular complexity index is 481. The van der Waals surface area contributed by atoms with E-state index < -0.39 is 5.60 Å². The zero-order chi connectivity index (χ0) is 15.3. The number of carbonyl (C=O) groups excluding carboxylic acids is 1. The normalized spacial score (nSPS) is 25.6. The van der Waals surface area contributed by atoms with Gasteiger partial charge in [0.25, 0.3) is 5.91 Å². The first-order chi connectivity index (χ1) is 10.1. The monoisotopic (exact) mass is 307 g/mol. The van der Waals surface area contributed by atoms with Crippen LogP contribution in [0.1, 0.15) is 49.4 Å². The van der Waals surface area contributed by atoms with Gasteiger partial charge in [-0.2, -0.15) is 0 Å². The van der Waals surface area contributed by atoms with Gasteiger partial charge < -0.3 is 10.4 Å². The van der Waals surface area contributed by atoms with Gasteiger partial charge in [0.1, 0.15) is 0 Å². The first kappa shape index (κ1) is 16.4. The molecule has 0 bridgehead atoms. The summed E-state index contributed by atoms with van der Waals surface area (Å²) in [5, 5.41) is 13.5. The minimum atomic E-state index is -0.727. The van der Waals surface area contributed by atoms with E-state index in [0.29, 0.717) is 12.1 Å². The average molecular weight is 307 g/mol. The molecule has 0 heterocycles. The van der Waals surface area contributed by atoms with Crippen molar-refractivity contribution in [3.05, 3.63) is 29.8 Å². The first-order valence-electron chi connectivity index (χ1n) is 7.71. The van der Waals surface area contributed by atoms with E-state index in [1.165, 1.54) is 6.42 Å². The van der Waals surface area contributed by atoms with Crippen molar-refractivity contribution in [2.45, 2.75) is 49.5 Å². The van der Waals surface area contributed by atoms with Crippen LogP contribution in [0.2, 0.25) is 0 Å². The lowest BCUT2D eigenvalue weighted by atomic mass is 9.78. The number of hydrogen-bond donors (Lipinski definition) is 2. The van der Waals surface area contributed by atoms with Crippen molar-refractivity contribution in [3.63, 3.8) is 0 Å². The molecule has 0 aliphatic heterocycles. The largest absolute Gasteiger partial charge is 0.388 e. The number of aliphatic hydroxyl groups is 1. The van der Waals surface area contributed by atoms with Crippen molar-refractivity contribution in [2.75, 3.05) is 12.8 Å². The summed E-state index contributed by atoms with van der Waals surface area (Å²) in [6.07, 6.45) is 6.84. The Balaban J connectivity index is 1.92. The second-order valence-corrected chi connectivity index (χ2v) is 6.81. The van der Waals surface area contributed by atoms with Gasteiger partial charge in [0.2, 0.25) is 0 Å². The number of rotatable bonds is 5. The maximum atomic E-state index is 12.3. The van der Waals surface area contributed by atoms with Crippen LogP contribution in [0.25, 0.3) is 0 Å². The Labute approximate surface area is 131 Å². The van der Waals surface area contributed by atoms with Gasteiger partial charge in [-0.25, -0.2) is 0 Å². The molecule has 1 amide bonds. The predicted molar refractivity (Wildman–Crippen MR) is 87.8 cm³/mol. The van der Waals surface area contributed by atoms with Gasteiger partial charge in [-0.05, 0) is 50.0 Å². The molecule has 0 radical (unpaired) electrons. The smallest absolute Gasteiger partial charge is 0.252 e. The van der Waals surface area contributed by atoms with E-state index >= 15 is 0 Å². The molecule has 2 N–H and O–H groups in total. The van der Waals surface area contributed by atoms with E-state index in [0.717, 1.165) is 36.5 Å². The summed E-state index contributed by atoms with van der Waals surface area (Å²) < 4.78 is 0. The SMILES string of the molecule is CCC1CCC(O)(CNC(=O)c2ccccc2SC)CC1. The van der Waals surface area contributed by atoms with Gasteiger partial charge in [-0.1, -0.05) is 25.5 Å². The van der Waals surface area contributed by atoms with Crippen molar-refractivity contribution < 1.29 is 9.90 Å². The molecule has 1 aliphatic carbocycles. The Kier molecular flexibility index (Phi) is 5.71. The molecule has 4 heteroatoms. The zero-order valence-electron chi connectivity index (χ0n) is 12.9. The molecule has 1 aromatic carbocycles. The Morgan fingerprint density at radius 3 is 2.67 bits per heavy atom. The third-order valence-electron chi connectivity index (χ3n) is 4.54. The fourth-order valence-electron chi connectivity index (χ4n) is 2.97. The molecular weight excluding hydrogens is 282 g/mol. The van der Waals surface area contributed by atoms with Gasteiger partial charge >= 0.3 is 0 Å². The molecular formula is C17H25NO2S. The molecule has 116 valence electrons. The standard InChI is InChI=1S/C17H25NO2S/c1-3-13-8-10-17(20,11-9-13)12-18-16(19)14-6-4-5-7-15(14)21-2/h4-7,13,20H,3,8-12H2,1-2H3,(H,18,19). The minimum absolute atomic E-state index is 0.0917. The molecule has 1 fully saturated rings. The van der Waals surface area contributed by atoms with Crippen LogP contribution < -0.4 is 5.32 Å². The summed E-state index contributed by atoms with van der Waals surface area (Å²) in [5.74, 6) is 0.643. The molecule has 2 rings (SSSR count). The number of nitrogens with one attached hydrogen (secondary N) is 1. The van der Waals surface area contributed by atoms with E-state index in [4.69, 9.17) is 0 Å². The van der Waals surface area contributed by atoms with Crippen LogP contribution in [0.4, 0.5) is 0 Å². The second-order valence-electron chi connectivity index (χ2n) is 5.96. The highest BCUT2D eigenvalue weighted by molar-refractivity contribution is 7.98. The third kappa shape index (κ3) is 4.24. The number of hydrogen-bond acceptors (Lipinski definition) is 3. The summed E-state index contributed by atoms with van der Waals surface area (Å²) in [4.78, 5) is 13.3. The van der Waals surface area contributed by atoms with Crippen LogP contribution in [-0.2, 0) is 0 Å². The summed E-state index contributed by atoms with van der Waals surface area (Å²) >= 11 is 1.56. The molecule has 0 spiro atoms. The third-order valence-corrected chi connectivity index (χ3v) is 5.34. The highest BCUT2D eigenvalue weighted by atomic mass is 32.2. The number of benzene rings is 1. The molecule has 1 aliphatic rings. The maximum Gasteiger partial charge on any atom is 0.252 e. The lowest BCUT2D eigenvalue weighted by Crippen LogP contribution is -2.45. The fourth-order valence-corrected chi connectivity index (χ4v) is 3.57. The molecule has 0 saturated heterocycles. The topological polar surface area (TPSA) is 49.3 Å². The van der Waals surface area contributed by atoms with Crippen molar-refractivity contribution in [3.8, 4) is 0 Å². The van der Waals surface area contributed by atoms with Gasteiger partial charge in [0.05, 0.1) is 11.2 Å². The van der Waals surface area contributed by atoms with Crippen molar-refractivity contribution in [1.82, 2.24) is 5.32 Å². The molecule has 1 saturated carbocycles. The van der Waals surface area contributed by atoms with Crippen LogP contribution in [0.15, 0.2) is 29.2 Å². The van der Waals surface area contributed by atoms with E-state index in [1.807, 2.05) is 30.5 Å². The second kappa shape index (κ2) is 7.32. The maximum absolute atomic E-state index is 12.3. The summed E-state index contributed by atoms with van der Waals surface area (Å²) in [5.41, 5.74) is -0.0360. The Morgan fingerprint density at radius 2 is 2.05 bits per heavy atom. The highest BCUT2D eigenvalue weighted by Gasteiger charge is 2.33. The zero-order valence-corrected chi connectivity index (χ0v) is 13.7.